The Morgan fingerprint density at radius 2 is 0.802 bits per heavy atom. The first kappa shape index (κ1) is 78.2. The fourth-order valence-corrected chi connectivity index (χ4v) is 10.4. The number of hydrogen-bond donors (Lipinski definition) is 2. The molecule has 3 atom stereocenters. The molecule has 0 bridgehead atoms. The number of phosphoric acid groups is 1. The van der Waals surface area contributed by atoms with Crippen molar-refractivity contribution in [2.45, 2.75) is 315 Å². The van der Waals surface area contributed by atoms with Gasteiger partial charge in [0.2, 0.25) is 5.91 Å². The third-order valence-electron chi connectivity index (χ3n) is 14.8. The monoisotopic (exact) mass is 1150 g/mol. The Balaban J connectivity index is 5.09. The number of nitrogens with one attached hydrogen (secondary N) is 1. The predicted octanol–water partition coefficient (Wildman–Crippen LogP) is 21.3. The maximum absolute atomic E-state index is 13.5. The first-order valence-corrected chi connectivity index (χ1v) is 35.4. The Morgan fingerprint density at radius 3 is 1.21 bits per heavy atom. The van der Waals surface area contributed by atoms with Crippen LogP contribution in [-0.2, 0) is 27.9 Å². The van der Waals surface area contributed by atoms with Crippen LogP contribution in [0.3, 0.4) is 0 Å². The molecule has 3 unspecified atom stereocenters. The average Bonchev–Trinajstić information content (AvgIpc) is 3.44. The largest absolute Gasteiger partial charge is 0.472 e. The molecule has 0 fully saturated rings. The molecule has 0 aliphatic heterocycles. The number of esters is 1. The number of likely N-dealkylation sites (N-methyl/N-ethyl adjacent to an activating group) is 1. The van der Waals surface area contributed by atoms with Gasteiger partial charge in [-0.1, -0.05) is 286 Å². The summed E-state index contributed by atoms with van der Waals surface area (Å²) in [5.41, 5.74) is 0. The first-order chi connectivity index (χ1) is 39.4. The molecule has 81 heavy (non-hydrogen) atoms. The number of allylic oxidation sites excluding steroid dienone is 13. The van der Waals surface area contributed by atoms with E-state index >= 15 is 0 Å². The highest BCUT2D eigenvalue weighted by atomic mass is 31.2. The van der Waals surface area contributed by atoms with Crippen LogP contribution in [0.2, 0.25) is 0 Å². The lowest BCUT2D eigenvalue weighted by Gasteiger charge is -2.27. The Bertz CT molecular complexity index is 1660. The van der Waals surface area contributed by atoms with Crippen LogP contribution in [0.1, 0.15) is 303 Å². The smallest absolute Gasteiger partial charge is 0.456 e. The van der Waals surface area contributed by atoms with Crippen LogP contribution in [0.25, 0.3) is 0 Å². The van der Waals surface area contributed by atoms with Gasteiger partial charge >= 0.3 is 13.8 Å². The molecule has 10 heteroatoms. The van der Waals surface area contributed by atoms with Gasteiger partial charge in [0.15, 0.2) is 0 Å². The maximum Gasteiger partial charge on any atom is 0.472 e. The van der Waals surface area contributed by atoms with Crippen molar-refractivity contribution in [1.29, 1.82) is 0 Å². The molecule has 0 radical (unpaired) electrons. The van der Waals surface area contributed by atoms with Gasteiger partial charge in [0.1, 0.15) is 19.3 Å². The van der Waals surface area contributed by atoms with E-state index in [9.17, 15) is 19.0 Å². The van der Waals surface area contributed by atoms with E-state index in [-0.39, 0.29) is 37.9 Å². The number of quaternary nitrogens is 1. The third-order valence-corrected chi connectivity index (χ3v) is 15.8. The van der Waals surface area contributed by atoms with Crippen LogP contribution in [0.15, 0.2) is 85.1 Å². The van der Waals surface area contributed by atoms with Crippen molar-refractivity contribution >= 4 is 19.7 Å². The van der Waals surface area contributed by atoms with Gasteiger partial charge in [0, 0.05) is 12.8 Å². The first-order valence-electron chi connectivity index (χ1n) is 33.9. The van der Waals surface area contributed by atoms with Crippen molar-refractivity contribution in [3.63, 3.8) is 0 Å². The topological polar surface area (TPSA) is 111 Å². The standard InChI is InChI=1S/C71H129N2O7P/c1-7-10-13-16-19-22-25-28-30-32-33-34-35-36-37-38-39-40-41-42-44-46-49-52-55-58-61-64-71(75)80-69(62-59-56-53-50-47-27-24-21-18-15-12-9-3)68(67-79-81(76,77)78-66-65-73(4,5)6)72-70(74)63-60-57-54-51-48-45-43-31-29-26-23-20-17-14-11-8-2/h11,14,20,23,28-31,45,48,54,57,59,62,68-69H,7-10,12-13,15-19,21-22,24-27,32-44,46-47,49-53,55-56,58,60-61,63-67H2,1-6H3,(H-,72,74,76,77)/p+1/b14-11+,23-20+,30-28+,31-29+,48-45+,57-54+,62-59-. The van der Waals surface area contributed by atoms with Crippen LogP contribution in [0.5, 0.6) is 0 Å². The van der Waals surface area contributed by atoms with Gasteiger partial charge in [-0.3, -0.25) is 18.6 Å². The molecule has 0 aliphatic carbocycles. The summed E-state index contributed by atoms with van der Waals surface area (Å²) in [6.07, 6.45) is 80.6. The predicted molar refractivity (Wildman–Crippen MR) is 351 cm³/mol. The zero-order valence-corrected chi connectivity index (χ0v) is 54.7. The highest BCUT2D eigenvalue weighted by molar-refractivity contribution is 7.47. The number of hydrogen-bond acceptors (Lipinski definition) is 6. The van der Waals surface area contributed by atoms with Crippen molar-refractivity contribution in [2.24, 2.45) is 0 Å². The van der Waals surface area contributed by atoms with Crippen LogP contribution < -0.4 is 5.32 Å². The molecule has 470 valence electrons. The number of unbranched alkanes of at least 4 members (excludes halogenated alkanes) is 33. The molecule has 1 amide bonds. The molecule has 0 rings (SSSR count). The summed E-state index contributed by atoms with van der Waals surface area (Å²) in [5, 5.41) is 3.01. The van der Waals surface area contributed by atoms with Gasteiger partial charge < -0.3 is 19.4 Å². The molecule has 9 nitrogen and oxygen atoms in total. The van der Waals surface area contributed by atoms with Crippen molar-refractivity contribution in [2.75, 3.05) is 40.9 Å². The highest BCUT2D eigenvalue weighted by Crippen LogP contribution is 2.43. The van der Waals surface area contributed by atoms with Crippen molar-refractivity contribution < 1.29 is 37.3 Å². The van der Waals surface area contributed by atoms with Crippen molar-refractivity contribution in [3.05, 3.63) is 85.1 Å². The lowest BCUT2D eigenvalue weighted by atomic mass is 10.0. The van der Waals surface area contributed by atoms with Gasteiger partial charge in [-0.15, -0.1) is 0 Å². The van der Waals surface area contributed by atoms with E-state index in [0.717, 1.165) is 70.6 Å². The summed E-state index contributed by atoms with van der Waals surface area (Å²) in [4.78, 5) is 37.7. The second kappa shape index (κ2) is 60.3. The molecule has 0 aromatic rings. The van der Waals surface area contributed by atoms with E-state index < -0.39 is 20.0 Å². The lowest BCUT2D eigenvalue weighted by molar-refractivity contribution is -0.870. The second-order valence-corrected chi connectivity index (χ2v) is 25.4. The summed E-state index contributed by atoms with van der Waals surface area (Å²) in [7, 11) is 1.45. The molecular formula is C71H130N2O7P+. The lowest BCUT2D eigenvalue weighted by Crippen LogP contribution is -2.47. The van der Waals surface area contributed by atoms with Crippen LogP contribution in [-0.4, -0.2) is 74.3 Å². The number of carbonyl (C=O) groups is 2. The Kier molecular flexibility index (Phi) is 58.2. The van der Waals surface area contributed by atoms with Crippen LogP contribution in [0, 0.1) is 0 Å². The molecule has 0 saturated carbocycles. The minimum absolute atomic E-state index is 0.0250. The number of amides is 1. The summed E-state index contributed by atoms with van der Waals surface area (Å²) < 4.78 is 30.7. The normalized spacial score (nSPS) is 14.1. The van der Waals surface area contributed by atoms with Gasteiger partial charge in [0.25, 0.3) is 0 Å². The fourth-order valence-electron chi connectivity index (χ4n) is 9.63. The zero-order valence-electron chi connectivity index (χ0n) is 53.8. The summed E-state index contributed by atoms with van der Waals surface area (Å²) in [5.74, 6) is -0.596. The minimum Gasteiger partial charge on any atom is -0.456 e. The molecule has 0 aliphatic rings. The molecule has 0 heterocycles. The van der Waals surface area contributed by atoms with E-state index in [0.29, 0.717) is 17.4 Å². The van der Waals surface area contributed by atoms with Crippen molar-refractivity contribution in [3.8, 4) is 0 Å². The van der Waals surface area contributed by atoms with Crippen molar-refractivity contribution in [1.82, 2.24) is 5.32 Å². The van der Waals surface area contributed by atoms with Crippen LogP contribution >= 0.6 is 7.82 Å². The Hall–Kier alpha value is -2.81. The molecule has 0 spiro atoms. The SMILES string of the molecule is CC/C=C/C/C=C/C/C=C/C/C=C/C/C=C/CCC(=O)NC(COP(=O)(O)OCC[N+](C)(C)C)C(/C=C\CCCCCCCCCCCC)OC(=O)CCCCCCCCCCCCCCCCCCC/C=C/CCCCCCCC. The number of phosphoric ester groups is 1. The third kappa shape index (κ3) is 61.6. The zero-order chi connectivity index (χ0) is 59.3. The summed E-state index contributed by atoms with van der Waals surface area (Å²) >= 11 is 0. The van der Waals surface area contributed by atoms with E-state index in [4.69, 9.17) is 13.8 Å². The average molecular weight is 1150 g/mol. The highest BCUT2D eigenvalue weighted by Gasteiger charge is 2.30. The fraction of sp³-hybridized carbons (Fsp3) is 0.775. The maximum atomic E-state index is 13.5. The Labute approximate surface area is 501 Å². The number of nitrogens with zero attached hydrogens (tertiary/aromatic N) is 1. The van der Waals surface area contributed by atoms with Gasteiger partial charge in [-0.25, -0.2) is 4.57 Å². The van der Waals surface area contributed by atoms with E-state index in [1.54, 1.807) is 0 Å². The van der Waals surface area contributed by atoms with Gasteiger partial charge in [0.05, 0.1) is 33.8 Å². The molecular weight excluding hydrogens is 1020 g/mol. The quantitative estimate of drug-likeness (QED) is 0.0205. The molecule has 2 N–H and O–H groups in total. The van der Waals surface area contributed by atoms with E-state index in [1.165, 1.54) is 193 Å². The van der Waals surface area contributed by atoms with E-state index in [2.05, 4.69) is 92.9 Å². The van der Waals surface area contributed by atoms with Gasteiger partial charge in [-0.2, -0.15) is 0 Å². The summed E-state index contributed by atoms with van der Waals surface area (Å²) in [6, 6.07) is -0.891. The number of rotatable bonds is 61. The second-order valence-electron chi connectivity index (χ2n) is 24.0. The number of carbonyl (C=O) groups excluding carboxylic acids is 2. The summed E-state index contributed by atoms with van der Waals surface area (Å²) in [6.45, 7) is 6.85. The Morgan fingerprint density at radius 1 is 0.444 bits per heavy atom. The van der Waals surface area contributed by atoms with E-state index in [1.807, 2.05) is 39.4 Å². The van der Waals surface area contributed by atoms with Gasteiger partial charge in [-0.05, 0) is 89.5 Å². The minimum atomic E-state index is -4.47. The molecule has 0 saturated heterocycles. The van der Waals surface area contributed by atoms with Crippen LogP contribution in [0.4, 0.5) is 0 Å². The molecule has 0 aromatic heterocycles. The number of ether oxygens (including phenoxy) is 1. The molecule has 0 aromatic carbocycles.